The maximum atomic E-state index is 12.2. The highest BCUT2D eigenvalue weighted by Crippen LogP contribution is 2.34. The van der Waals surface area contributed by atoms with E-state index < -0.39 is 11.9 Å². The van der Waals surface area contributed by atoms with Crippen LogP contribution in [0, 0.1) is 13.8 Å². The maximum Gasteiger partial charge on any atom is 0.337 e. The van der Waals surface area contributed by atoms with Gasteiger partial charge in [0.15, 0.2) is 0 Å². The lowest BCUT2D eigenvalue weighted by atomic mass is 10.0. The lowest BCUT2D eigenvalue weighted by molar-refractivity contribution is -0.110. The highest BCUT2D eigenvalue weighted by atomic mass is 16.4. The number of fused-ring (bicyclic) bond motifs is 1. The number of rotatable bonds is 3. The molecule has 0 saturated heterocycles. The van der Waals surface area contributed by atoms with Crippen molar-refractivity contribution in [1.29, 1.82) is 0 Å². The van der Waals surface area contributed by atoms with E-state index in [1.807, 2.05) is 0 Å². The summed E-state index contributed by atoms with van der Waals surface area (Å²) in [5, 5.41) is 21.0. The highest BCUT2D eigenvalue weighted by molar-refractivity contribution is 6.35. The fourth-order valence-corrected chi connectivity index (χ4v) is 2.85. The van der Waals surface area contributed by atoms with E-state index in [0.29, 0.717) is 28.2 Å². The fourth-order valence-electron chi connectivity index (χ4n) is 2.85. The minimum atomic E-state index is -1.09. The lowest BCUT2D eigenvalue weighted by Gasteiger charge is -2.01. The number of carbonyl (C=O) groups excluding carboxylic acids is 1. The number of H-pyrrole nitrogens is 1. The molecule has 24 heavy (non-hydrogen) atoms. The number of nitrogens with one attached hydrogen (secondary N) is 2. The van der Waals surface area contributed by atoms with Crippen LogP contribution in [0.15, 0.2) is 18.2 Å². The summed E-state index contributed by atoms with van der Waals surface area (Å²) in [6.07, 6.45) is 1.54. The van der Waals surface area contributed by atoms with E-state index in [2.05, 4.69) is 10.3 Å². The molecule has 0 unspecified atom stereocenters. The minimum absolute atomic E-state index is 0.0711. The Balaban J connectivity index is 2.15. The number of hydrogen-bond acceptors (Lipinski definition) is 3. The van der Waals surface area contributed by atoms with E-state index in [1.165, 1.54) is 18.2 Å². The zero-order valence-corrected chi connectivity index (χ0v) is 12.9. The summed E-state index contributed by atoms with van der Waals surface area (Å²) in [7, 11) is 0. The monoisotopic (exact) mass is 326 g/mol. The Morgan fingerprint density at radius 3 is 2.42 bits per heavy atom. The van der Waals surface area contributed by atoms with E-state index in [1.54, 1.807) is 19.9 Å². The van der Waals surface area contributed by atoms with Crippen LogP contribution in [0.25, 0.3) is 11.6 Å². The van der Waals surface area contributed by atoms with E-state index in [9.17, 15) is 19.5 Å². The number of aromatic nitrogens is 1. The van der Waals surface area contributed by atoms with Crippen LogP contribution in [0.1, 0.15) is 43.2 Å². The molecule has 122 valence electrons. The quantitative estimate of drug-likeness (QED) is 0.646. The molecule has 0 aliphatic carbocycles. The Morgan fingerprint density at radius 2 is 1.83 bits per heavy atom. The molecule has 0 atom stereocenters. The van der Waals surface area contributed by atoms with Crippen molar-refractivity contribution >= 4 is 35.2 Å². The van der Waals surface area contributed by atoms with Gasteiger partial charge in [-0.05, 0) is 43.7 Å². The Morgan fingerprint density at radius 1 is 1.12 bits per heavy atom. The third-order valence-electron chi connectivity index (χ3n) is 4.03. The minimum Gasteiger partial charge on any atom is -0.478 e. The molecule has 7 heteroatoms. The molecule has 2 heterocycles. The van der Waals surface area contributed by atoms with Crippen molar-refractivity contribution in [2.75, 3.05) is 5.32 Å². The predicted molar refractivity (Wildman–Crippen MR) is 87.1 cm³/mol. The number of aromatic amines is 1. The number of carboxylic acids is 2. The Kier molecular flexibility index (Phi) is 3.48. The first-order valence-corrected chi connectivity index (χ1v) is 7.12. The SMILES string of the molecule is Cc1[nH]c(C=C2C(=O)Nc3ccc(C(=O)O)cc32)c(C)c1C(=O)O. The van der Waals surface area contributed by atoms with Gasteiger partial charge in [-0.15, -0.1) is 0 Å². The molecule has 0 radical (unpaired) electrons. The van der Waals surface area contributed by atoms with Crippen LogP contribution >= 0.6 is 0 Å². The molecule has 1 aliphatic heterocycles. The number of hydrogen-bond donors (Lipinski definition) is 4. The average molecular weight is 326 g/mol. The van der Waals surface area contributed by atoms with Crippen molar-refractivity contribution in [3.05, 3.63) is 51.8 Å². The van der Waals surface area contributed by atoms with Gasteiger partial charge >= 0.3 is 11.9 Å². The first-order chi connectivity index (χ1) is 11.3. The molecule has 0 bridgehead atoms. The Hall–Kier alpha value is -3.35. The number of aromatic carboxylic acids is 2. The zero-order valence-electron chi connectivity index (χ0n) is 12.9. The summed E-state index contributed by atoms with van der Waals surface area (Å²) in [6.45, 7) is 3.30. The number of aryl methyl sites for hydroxylation is 1. The van der Waals surface area contributed by atoms with Crippen LogP contribution in [0.2, 0.25) is 0 Å². The molecule has 1 aromatic heterocycles. The summed E-state index contributed by atoms with van der Waals surface area (Å²) in [5.74, 6) is -2.50. The summed E-state index contributed by atoms with van der Waals surface area (Å²) >= 11 is 0. The third-order valence-corrected chi connectivity index (χ3v) is 4.03. The van der Waals surface area contributed by atoms with Gasteiger partial charge in [0, 0.05) is 22.6 Å². The highest BCUT2D eigenvalue weighted by Gasteiger charge is 2.26. The number of benzene rings is 1. The number of carboxylic acid groups (broad SMARTS) is 2. The molecule has 3 rings (SSSR count). The summed E-state index contributed by atoms with van der Waals surface area (Å²) < 4.78 is 0. The second-order valence-corrected chi connectivity index (χ2v) is 5.55. The Bertz CT molecular complexity index is 937. The molecule has 4 N–H and O–H groups in total. The van der Waals surface area contributed by atoms with Gasteiger partial charge in [-0.1, -0.05) is 0 Å². The van der Waals surface area contributed by atoms with Crippen molar-refractivity contribution in [3.63, 3.8) is 0 Å². The van der Waals surface area contributed by atoms with Gasteiger partial charge in [0.2, 0.25) is 0 Å². The van der Waals surface area contributed by atoms with E-state index >= 15 is 0 Å². The molecule has 0 fully saturated rings. The van der Waals surface area contributed by atoms with Gasteiger partial charge in [0.25, 0.3) is 5.91 Å². The van der Waals surface area contributed by atoms with Crippen LogP contribution in [-0.4, -0.2) is 33.0 Å². The van der Waals surface area contributed by atoms with Crippen LogP contribution in [0.5, 0.6) is 0 Å². The summed E-state index contributed by atoms with van der Waals surface area (Å²) in [6, 6.07) is 4.37. The largest absolute Gasteiger partial charge is 0.478 e. The molecule has 1 aromatic carbocycles. The van der Waals surface area contributed by atoms with Gasteiger partial charge in [-0.2, -0.15) is 0 Å². The predicted octanol–water partition coefficient (Wildman–Crippen LogP) is 2.52. The van der Waals surface area contributed by atoms with Gasteiger partial charge in [0.1, 0.15) is 0 Å². The van der Waals surface area contributed by atoms with Gasteiger partial charge < -0.3 is 20.5 Å². The van der Waals surface area contributed by atoms with Gasteiger partial charge in [-0.25, -0.2) is 9.59 Å². The molecule has 0 saturated carbocycles. The van der Waals surface area contributed by atoms with Crippen LogP contribution in [0.4, 0.5) is 5.69 Å². The molecular weight excluding hydrogens is 312 g/mol. The molecule has 0 spiro atoms. The van der Waals surface area contributed by atoms with Gasteiger partial charge in [0.05, 0.1) is 16.7 Å². The van der Waals surface area contributed by atoms with Crippen molar-refractivity contribution in [3.8, 4) is 0 Å². The van der Waals surface area contributed by atoms with Crippen LogP contribution < -0.4 is 5.32 Å². The smallest absolute Gasteiger partial charge is 0.337 e. The normalized spacial score (nSPS) is 14.6. The summed E-state index contributed by atoms with van der Waals surface area (Å²) in [5.41, 5.74) is 3.03. The van der Waals surface area contributed by atoms with Crippen molar-refractivity contribution < 1.29 is 24.6 Å². The second kappa shape index (κ2) is 5.38. The van der Waals surface area contributed by atoms with Gasteiger partial charge in [-0.3, -0.25) is 4.79 Å². The van der Waals surface area contributed by atoms with Crippen molar-refractivity contribution in [2.24, 2.45) is 0 Å². The number of amides is 1. The van der Waals surface area contributed by atoms with Crippen LogP contribution in [-0.2, 0) is 4.79 Å². The molecule has 1 amide bonds. The number of carbonyl (C=O) groups is 3. The number of anilines is 1. The first-order valence-electron chi connectivity index (χ1n) is 7.12. The molecule has 1 aliphatic rings. The topological polar surface area (TPSA) is 119 Å². The van der Waals surface area contributed by atoms with Crippen molar-refractivity contribution in [1.82, 2.24) is 4.98 Å². The fraction of sp³-hybridized carbons (Fsp3) is 0.118. The molecule has 7 nitrogen and oxygen atoms in total. The average Bonchev–Trinajstić information content (AvgIpc) is 2.96. The summed E-state index contributed by atoms with van der Waals surface area (Å²) in [4.78, 5) is 37.6. The molecule has 2 aromatic rings. The third kappa shape index (κ3) is 2.36. The standard InChI is InChI=1S/C17H14N2O5/c1-7-13(18-8(2)14(7)17(23)24)6-11-10-5-9(16(21)22)3-4-12(10)19-15(11)20/h3-6,18H,1-2H3,(H,19,20)(H,21,22)(H,23,24). The first kappa shape index (κ1) is 15.5. The Labute approximate surface area is 136 Å². The van der Waals surface area contributed by atoms with E-state index in [4.69, 9.17) is 5.11 Å². The van der Waals surface area contributed by atoms with Crippen LogP contribution in [0.3, 0.4) is 0 Å². The van der Waals surface area contributed by atoms with E-state index in [-0.39, 0.29) is 22.6 Å². The van der Waals surface area contributed by atoms with E-state index in [0.717, 1.165) is 0 Å². The van der Waals surface area contributed by atoms with Crippen molar-refractivity contribution in [2.45, 2.75) is 13.8 Å². The zero-order chi connectivity index (χ0) is 17.6. The molecular formula is C17H14N2O5. The maximum absolute atomic E-state index is 12.2. The second-order valence-electron chi connectivity index (χ2n) is 5.55. The lowest BCUT2D eigenvalue weighted by Crippen LogP contribution is -2.03.